The maximum absolute atomic E-state index is 12.9. The first kappa shape index (κ1) is 18.6. The van der Waals surface area contributed by atoms with E-state index in [1.165, 1.54) is 38.5 Å². The van der Waals surface area contributed by atoms with Crippen molar-refractivity contribution in [1.82, 2.24) is 15.3 Å². The van der Waals surface area contributed by atoms with Gasteiger partial charge in [-0.25, -0.2) is 9.37 Å². The largest absolute Gasteiger partial charge is 0.501 e. The molecule has 8 nitrogen and oxygen atoms in total. The van der Waals surface area contributed by atoms with Gasteiger partial charge >= 0.3 is 0 Å². The van der Waals surface area contributed by atoms with Gasteiger partial charge in [0.2, 0.25) is 5.75 Å². The quantitative estimate of drug-likeness (QED) is 0.633. The van der Waals surface area contributed by atoms with Crippen LogP contribution in [0.15, 0.2) is 29.1 Å². The molecule has 1 amide bonds. The first-order valence-electron chi connectivity index (χ1n) is 7.35. The lowest BCUT2D eigenvalue weighted by Gasteiger charge is -2.13. The predicted octanol–water partition coefficient (Wildman–Crippen LogP) is 0.706. The molecule has 0 fully saturated rings. The van der Waals surface area contributed by atoms with Crippen LogP contribution in [-0.2, 0) is 22.4 Å². The molecule has 1 aromatic heterocycles. The monoisotopic (exact) mass is 351 g/mol. The average Bonchev–Trinajstić information content (AvgIpc) is 2.61. The molecule has 2 aromatic rings. The normalized spacial score (nSPS) is 10.9. The van der Waals surface area contributed by atoms with Crippen LogP contribution in [0, 0.1) is 5.82 Å². The highest BCUT2D eigenvalue weighted by Gasteiger charge is 2.19. The molecule has 2 rings (SSSR count). The van der Waals surface area contributed by atoms with E-state index in [-0.39, 0.29) is 24.6 Å². The molecule has 0 bridgehead atoms. The summed E-state index contributed by atoms with van der Waals surface area (Å²) >= 11 is 0. The summed E-state index contributed by atoms with van der Waals surface area (Å²) in [4.78, 5) is 30.3. The Kier molecular flexibility index (Phi) is 6.20. The molecular formula is C16H18FN3O5. The Balaban J connectivity index is 2.15. The maximum atomic E-state index is 12.9. The molecule has 0 aliphatic rings. The summed E-state index contributed by atoms with van der Waals surface area (Å²) in [6.45, 7) is 0.0845. The number of hydrogen-bond donors (Lipinski definition) is 3. The van der Waals surface area contributed by atoms with Crippen molar-refractivity contribution >= 4 is 5.91 Å². The standard InChI is InChI=1S/C16H18FN3O5/c1-24-12(25-2)7-11-19-13(14(21)16(23)20-11)15(22)18-8-9-3-5-10(17)6-4-9/h3-6,12,21H,7-8H2,1-2H3,(H,18,22)(H,19,20,23). The highest BCUT2D eigenvalue weighted by Crippen LogP contribution is 2.10. The minimum atomic E-state index is -0.845. The fraction of sp³-hybridized carbons (Fsp3) is 0.312. The number of amides is 1. The van der Waals surface area contributed by atoms with Crippen LogP contribution >= 0.6 is 0 Å². The Labute approximate surface area is 142 Å². The second-order valence-corrected chi connectivity index (χ2v) is 5.12. The van der Waals surface area contributed by atoms with E-state index in [9.17, 15) is 19.1 Å². The molecule has 9 heteroatoms. The Morgan fingerprint density at radius 2 is 1.96 bits per heavy atom. The maximum Gasteiger partial charge on any atom is 0.293 e. The second-order valence-electron chi connectivity index (χ2n) is 5.12. The molecule has 134 valence electrons. The Morgan fingerprint density at radius 3 is 2.56 bits per heavy atom. The van der Waals surface area contributed by atoms with Gasteiger partial charge < -0.3 is 24.9 Å². The van der Waals surface area contributed by atoms with E-state index in [2.05, 4.69) is 15.3 Å². The van der Waals surface area contributed by atoms with Crippen LogP contribution < -0.4 is 10.9 Å². The number of aromatic hydroxyl groups is 1. The number of hydrogen-bond acceptors (Lipinski definition) is 6. The number of nitrogens with zero attached hydrogens (tertiary/aromatic N) is 1. The number of aromatic nitrogens is 2. The molecule has 0 spiro atoms. The summed E-state index contributed by atoms with van der Waals surface area (Å²) in [5, 5.41) is 12.3. The first-order chi connectivity index (χ1) is 11.9. The van der Waals surface area contributed by atoms with Gasteiger partial charge in [-0.15, -0.1) is 0 Å². The van der Waals surface area contributed by atoms with Gasteiger partial charge in [0.15, 0.2) is 12.0 Å². The molecule has 0 saturated heterocycles. The van der Waals surface area contributed by atoms with Crippen molar-refractivity contribution in [2.24, 2.45) is 0 Å². The van der Waals surface area contributed by atoms with E-state index in [1.807, 2.05) is 0 Å². The summed E-state index contributed by atoms with van der Waals surface area (Å²) in [6.07, 6.45) is -0.580. The number of methoxy groups -OCH3 is 2. The zero-order chi connectivity index (χ0) is 18.4. The number of aromatic amines is 1. The second kappa shape index (κ2) is 8.36. The van der Waals surface area contributed by atoms with Crippen LogP contribution in [0.2, 0.25) is 0 Å². The molecule has 25 heavy (non-hydrogen) atoms. The Hall–Kier alpha value is -2.78. The fourth-order valence-corrected chi connectivity index (χ4v) is 2.06. The average molecular weight is 351 g/mol. The number of carbonyl (C=O) groups excluding carboxylic acids is 1. The number of rotatable bonds is 7. The zero-order valence-electron chi connectivity index (χ0n) is 13.7. The molecule has 1 aromatic carbocycles. The van der Waals surface area contributed by atoms with Gasteiger partial charge in [-0.2, -0.15) is 0 Å². The minimum Gasteiger partial charge on any atom is -0.501 e. The van der Waals surface area contributed by atoms with Gasteiger partial charge in [0.25, 0.3) is 11.5 Å². The molecule has 0 saturated carbocycles. The summed E-state index contributed by atoms with van der Waals surface area (Å²) in [7, 11) is 2.84. The van der Waals surface area contributed by atoms with Gasteiger partial charge in [0.1, 0.15) is 11.6 Å². The van der Waals surface area contributed by atoms with E-state index in [0.29, 0.717) is 5.56 Å². The smallest absolute Gasteiger partial charge is 0.293 e. The van der Waals surface area contributed by atoms with Gasteiger partial charge in [-0.05, 0) is 17.7 Å². The molecule has 0 radical (unpaired) electrons. The lowest BCUT2D eigenvalue weighted by Crippen LogP contribution is -2.28. The van der Waals surface area contributed by atoms with Crippen molar-refractivity contribution in [2.45, 2.75) is 19.3 Å². The molecule has 3 N–H and O–H groups in total. The third-order valence-corrected chi connectivity index (χ3v) is 3.41. The molecule has 0 aliphatic heterocycles. The zero-order valence-corrected chi connectivity index (χ0v) is 13.7. The number of halogens is 1. The van der Waals surface area contributed by atoms with Crippen molar-refractivity contribution in [3.8, 4) is 5.75 Å². The first-order valence-corrected chi connectivity index (χ1v) is 7.35. The number of ether oxygens (including phenoxy) is 2. The summed E-state index contributed by atoms with van der Waals surface area (Å²) < 4.78 is 22.9. The third kappa shape index (κ3) is 4.85. The van der Waals surface area contributed by atoms with Crippen molar-refractivity contribution in [3.63, 3.8) is 0 Å². The Bertz CT molecular complexity index is 787. The molecule has 0 unspecified atom stereocenters. The van der Waals surface area contributed by atoms with Crippen molar-refractivity contribution < 1.29 is 23.8 Å². The van der Waals surface area contributed by atoms with E-state index in [1.54, 1.807) is 0 Å². The minimum absolute atomic E-state index is 0.0841. The Morgan fingerprint density at radius 1 is 1.32 bits per heavy atom. The van der Waals surface area contributed by atoms with Crippen LogP contribution in [0.3, 0.4) is 0 Å². The van der Waals surface area contributed by atoms with Crippen LogP contribution in [-0.4, -0.2) is 41.5 Å². The third-order valence-electron chi connectivity index (χ3n) is 3.41. The van der Waals surface area contributed by atoms with Crippen LogP contribution in [0.5, 0.6) is 5.75 Å². The fourth-order valence-electron chi connectivity index (χ4n) is 2.06. The summed E-state index contributed by atoms with van der Waals surface area (Å²) in [5.74, 6) is -1.78. The van der Waals surface area contributed by atoms with Gasteiger partial charge in [-0.1, -0.05) is 12.1 Å². The van der Waals surface area contributed by atoms with Crippen LogP contribution in [0.4, 0.5) is 4.39 Å². The molecular weight excluding hydrogens is 333 g/mol. The lowest BCUT2D eigenvalue weighted by molar-refractivity contribution is -0.101. The number of carbonyl (C=O) groups is 1. The molecule has 1 heterocycles. The summed E-state index contributed by atoms with van der Waals surface area (Å²) in [5.41, 5.74) is -0.604. The van der Waals surface area contributed by atoms with Gasteiger partial charge in [-0.3, -0.25) is 9.59 Å². The SMILES string of the molecule is COC(Cc1nc(C(=O)NCc2ccc(F)cc2)c(O)c(=O)[nH]1)OC. The number of benzene rings is 1. The van der Waals surface area contributed by atoms with Gasteiger partial charge in [0.05, 0.1) is 6.42 Å². The highest BCUT2D eigenvalue weighted by atomic mass is 19.1. The van der Waals surface area contributed by atoms with Crippen LogP contribution in [0.1, 0.15) is 21.9 Å². The lowest BCUT2D eigenvalue weighted by atomic mass is 10.2. The van der Waals surface area contributed by atoms with Gasteiger partial charge in [0, 0.05) is 20.8 Å². The van der Waals surface area contributed by atoms with Crippen molar-refractivity contribution in [1.29, 1.82) is 0 Å². The van der Waals surface area contributed by atoms with Crippen molar-refractivity contribution in [3.05, 3.63) is 57.5 Å². The summed E-state index contributed by atoms with van der Waals surface area (Å²) in [6, 6.07) is 5.54. The van der Waals surface area contributed by atoms with Crippen LogP contribution in [0.25, 0.3) is 0 Å². The predicted molar refractivity (Wildman–Crippen MR) is 85.6 cm³/mol. The topological polar surface area (TPSA) is 114 Å². The van der Waals surface area contributed by atoms with Crippen molar-refractivity contribution in [2.75, 3.05) is 14.2 Å². The van der Waals surface area contributed by atoms with E-state index in [0.717, 1.165) is 0 Å². The van der Waals surface area contributed by atoms with E-state index >= 15 is 0 Å². The highest BCUT2D eigenvalue weighted by molar-refractivity contribution is 5.94. The van der Waals surface area contributed by atoms with E-state index < -0.39 is 29.2 Å². The number of H-pyrrole nitrogens is 1. The molecule has 0 aliphatic carbocycles. The van der Waals surface area contributed by atoms with E-state index in [4.69, 9.17) is 9.47 Å². The number of nitrogens with one attached hydrogen (secondary N) is 2. The molecule has 0 atom stereocenters.